The molecule has 0 heterocycles. The second kappa shape index (κ2) is 9.35. The van der Waals surface area contributed by atoms with Gasteiger partial charge in [-0.05, 0) is 49.1 Å². The number of nitrogens with one attached hydrogen (secondary N) is 1. The quantitative estimate of drug-likeness (QED) is 0.601. The normalized spacial score (nSPS) is 12.3. The average Bonchev–Trinajstić information content (AvgIpc) is 2.72. The van der Waals surface area contributed by atoms with Crippen LogP contribution in [0.1, 0.15) is 33.9 Å². The lowest BCUT2D eigenvalue weighted by Crippen LogP contribution is -2.42. The first kappa shape index (κ1) is 22.6. The van der Waals surface area contributed by atoms with Crippen LogP contribution in [0.15, 0.2) is 72.8 Å². The van der Waals surface area contributed by atoms with Crippen molar-refractivity contribution in [2.75, 3.05) is 17.1 Å². The van der Waals surface area contributed by atoms with Crippen molar-refractivity contribution < 1.29 is 13.2 Å². The van der Waals surface area contributed by atoms with Gasteiger partial charge in [0.05, 0.1) is 18.0 Å². The molecule has 0 aliphatic carbocycles. The van der Waals surface area contributed by atoms with Gasteiger partial charge in [0.25, 0.3) is 0 Å². The molecular formula is C25H28N2O3S. The van der Waals surface area contributed by atoms with E-state index in [9.17, 15) is 13.2 Å². The third-order valence-electron chi connectivity index (χ3n) is 5.13. The lowest BCUT2D eigenvalue weighted by atomic mass is 9.97. The molecule has 31 heavy (non-hydrogen) atoms. The fraction of sp³-hybridized carbons (Fsp3) is 0.240. The van der Waals surface area contributed by atoms with Crippen LogP contribution in [-0.2, 0) is 14.8 Å². The fourth-order valence-electron chi connectivity index (χ4n) is 3.56. The standard InChI is InChI=1S/C25H28N2O3S/c1-18-9-8-12-22(15-18)25(21-10-6-5-7-11-21)26-24(28)17-27(31(4,29)30)23-16-19(2)13-14-20(23)3/h5-16,25H,17H2,1-4H3,(H,26,28). The molecule has 0 radical (unpaired) electrons. The molecule has 0 bridgehead atoms. The third-order valence-corrected chi connectivity index (χ3v) is 6.26. The van der Waals surface area contributed by atoms with E-state index in [2.05, 4.69) is 5.32 Å². The second-order valence-electron chi connectivity index (χ2n) is 7.88. The number of rotatable bonds is 7. The van der Waals surface area contributed by atoms with Gasteiger partial charge in [-0.25, -0.2) is 8.42 Å². The number of sulfonamides is 1. The summed E-state index contributed by atoms with van der Waals surface area (Å²) < 4.78 is 26.3. The van der Waals surface area contributed by atoms with Crippen LogP contribution in [0.25, 0.3) is 0 Å². The molecule has 0 aromatic heterocycles. The Kier molecular flexibility index (Phi) is 6.81. The minimum Gasteiger partial charge on any atom is -0.344 e. The van der Waals surface area contributed by atoms with E-state index >= 15 is 0 Å². The summed E-state index contributed by atoms with van der Waals surface area (Å²) in [6.07, 6.45) is 1.12. The molecule has 3 aromatic rings. The number of hydrogen-bond donors (Lipinski definition) is 1. The SMILES string of the molecule is Cc1cccc(C(NC(=O)CN(c2cc(C)ccc2C)S(C)(=O)=O)c2ccccc2)c1. The first-order valence-electron chi connectivity index (χ1n) is 10.1. The summed E-state index contributed by atoms with van der Waals surface area (Å²) >= 11 is 0. The minimum absolute atomic E-state index is 0.293. The summed E-state index contributed by atoms with van der Waals surface area (Å²) in [5.41, 5.74) is 5.19. The molecule has 1 amide bonds. The van der Waals surface area contributed by atoms with E-state index in [0.29, 0.717) is 5.69 Å². The predicted octanol–water partition coefficient (Wildman–Crippen LogP) is 4.28. The number of benzene rings is 3. The first-order chi connectivity index (χ1) is 14.6. The maximum atomic E-state index is 13.1. The topological polar surface area (TPSA) is 66.5 Å². The van der Waals surface area contributed by atoms with Gasteiger partial charge >= 0.3 is 0 Å². The number of nitrogens with zero attached hydrogens (tertiary/aromatic N) is 1. The number of hydrogen-bond acceptors (Lipinski definition) is 3. The van der Waals surface area contributed by atoms with E-state index in [-0.39, 0.29) is 18.5 Å². The number of amides is 1. The monoisotopic (exact) mass is 436 g/mol. The van der Waals surface area contributed by atoms with Crippen molar-refractivity contribution in [1.29, 1.82) is 0 Å². The number of aryl methyl sites for hydroxylation is 3. The molecule has 1 unspecified atom stereocenters. The Balaban J connectivity index is 1.93. The van der Waals surface area contributed by atoms with E-state index < -0.39 is 10.0 Å². The summed E-state index contributed by atoms with van der Waals surface area (Å²) in [6.45, 7) is 5.44. The molecule has 0 aliphatic rings. The number of carbonyl (C=O) groups is 1. The molecule has 1 atom stereocenters. The van der Waals surface area contributed by atoms with Gasteiger partial charge in [-0.2, -0.15) is 0 Å². The Bertz CT molecular complexity index is 1170. The van der Waals surface area contributed by atoms with E-state index in [0.717, 1.165) is 34.1 Å². The minimum atomic E-state index is -3.65. The zero-order chi connectivity index (χ0) is 22.6. The highest BCUT2D eigenvalue weighted by atomic mass is 32.2. The van der Waals surface area contributed by atoms with Gasteiger partial charge < -0.3 is 5.32 Å². The van der Waals surface area contributed by atoms with Crippen LogP contribution in [0.2, 0.25) is 0 Å². The Morgan fingerprint density at radius 1 is 0.871 bits per heavy atom. The number of carbonyl (C=O) groups excluding carboxylic acids is 1. The highest BCUT2D eigenvalue weighted by molar-refractivity contribution is 7.92. The lowest BCUT2D eigenvalue weighted by Gasteiger charge is -2.26. The smallest absolute Gasteiger partial charge is 0.241 e. The molecule has 162 valence electrons. The van der Waals surface area contributed by atoms with Gasteiger partial charge in [-0.3, -0.25) is 9.10 Å². The first-order valence-corrected chi connectivity index (χ1v) is 12.0. The van der Waals surface area contributed by atoms with Gasteiger partial charge in [0, 0.05) is 0 Å². The molecule has 0 spiro atoms. The van der Waals surface area contributed by atoms with Crippen LogP contribution >= 0.6 is 0 Å². The zero-order valence-electron chi connectivity index (χ0n) is 18.3. The summed E-state index contributed by atoms with van der Waals surface area (Å²) in [4.78, 5) is 13.1. The van der Waals surface area contributed by atoms with Gasteiger partial charge in [0.1, 0.15) is 6.54 Å². The molecule has 0 aliphatic heterocycles. The summed E-state index contributed by atoms with van der Waals surface area (Å²) in [5, 5.41) is 3.04. The van der Waals surface area contributed by atoms with Gasteiger partial charge in [-0.1, -0.05) is 72.3 Å². The Hall–Kier alpha value is -3.12. The highest BCUT2D eigenvalue weighted by Gasteiger charge is 2.25. The van der Waals surface area contributed by atoms with Crippen LogP contribution in [0.5, 0.6) is 0 Å². The van der Waals surface area contributed by atoms with Crippen LogP contribution in [0.3, 0.4) is 0 Å². The third kappa shape index (κ3) is 5.73. The zero-order valence-corrected chi connectivity index (χ0v) is 19.1. The van der Waals surface area contributed by atoms with Crippen molar-refractivity contribution in [2.24, 2.45) is 0 Å². The van der Waals surface area contributed by atoms with E-state index in [4.69, 9.17) is 0 Å². The average molecular weight is 437 g/mol. The van der Waals surface area contributed by atoms with Crippen molar-refractivity contribution in [3.8, 4) is 0 Å². The van der Waals surface area contributed by atoms with Crippen molar-refractivity contribution >= 4 is 21.6 Å². The molecule has 1 N–H and O–H groups in total. The summed E-state index contributed by atoms with van der Waals surface area (Å²) in [5.74, 6) is -0.373. The lowest BCUT2D eigenvalue weighted by molar-refractivity contribution is -0.120. The maximum Gasteiger partial charge on any atom is 0.241 e. The van der Waals surface area contributed by atoms with Gasteiger partial charge in [0.2, 0.25) is 15.9 Å². The maximum absolute atomic E-state index is 13.1. The van der Waals surface area contributed by atoms with Crippen LogP contribution < -0.4 is 9.62 Å². The van der Waals surface area contributed by atoms with Crippen molar-refractivity contribution in [2.45, 2.75) is 26.8 Å². The van der Waals surface area contributed by atoms with E-state index in [1.165, 1.54) is 4.31 Å². The Morgan fingerprint density at radius 3 is 2.16 bits per heavy atom. The van der Waals surface area contributed by atoms with Crippen molar-refractivity contribution in [3.05, 3.63) is 101 Å². The van der Waals surface area contributed by atoms with Gasteiger partial charge in [0.15, 0.2) is 0 Å². The predicted molar refractivity (Wildman–Crippen MR) is 126 cm³/mol. The number of anilines is 1. The second-order valence-corrected chi connectivity index (χ2v) is 9.79. The van der Waals surface area contributed by atoms with Crippen LogP contribution in [-0.4, -0.2) is 27.1 Å². The van der Waals surface area contributed by atoms with E-state index in [1.807, 2.05) is 87.5 Å². The summed E-state index contributed by atoms with van der Waals surface area (Å²) in [6, 6.07) is 22.8. The Labute approximate surface area is 184 Å². The van der Waals surface area contributed by atoms with Gasteiger partial charge in [-0.15, -0.1) is 0 Å². The summed E-state index contributed by atoms with van der Waals surface area (Å²) in [7, 11) is -3.65. The Morgan fingerprint density at radius 2 is 1.52 bits per heavy atom. The molecular weight excluding hydrogens is 408 g/mol. The van der Waals surface area contributed by atoms with Crippen molar-refractivity contribution in [1.82, 2.24) is 5.32 Å². The van der Waals surface area contributed by atoms with Crippen molar-refractivity contribution in [3.63, 3.8) is 0 Å². The fourth-order valence-corrected chi connectivity index (χ4v) is 4.47. The highest BCUT2D eigenvalue weighted by Crippen LogP contribution is 2.25. The molecule has 0 saturated carbocycles. The molecule has 3 rings (SSSR count). The molecule has 3 aromatic carbocycles. The van der Waals surface area contributed by atoms with Crippen LogP contribution in [0.4, 0.5) is 5.69 Å². The molecule has 6 heteroatoms. The molecule has 0 fully saturated rings. The van der Waals surface area contributed by atoms with Crippen LogP contribution in [0, 0.1) is 20.8 Å². The molecule has 0 saturated heterocycles. The largest absolute Gasteiger partial charge is 0.344 e. The molecule has 5 nitrogen and oxygen atoms in total. The van der Waals surface area contributed by atoms with E-state index in [1.54, 1.807) is 6.07 Å².